The maximum Gasteiger partial charge on any atom is 0.0467 e. The average Bonchev–Trinajstić information content (AvgIpc) is 2.16. The van der Waals surface area contributed by atoms with E-state index in [1.54, 1.807) is 0 Å². The van der Waals surface area contributed by atoms with Crippen molar-refractivity contribution in [2.75, 3.05) is 0 Å². The monoisotopic (exact) mass is 205 g/mol. The highest BCUT2D eigenvalue weighted by atomic mass is 14.7. The van der Waals surface area contributed by atoms with Crippen molar-refractivity contribution in [1.82, 2.24) is 4.98 Å². The highest BCUT2D eigenvalue weighted by molar-refractivity contribution is 5.24. The van der Waals surface area contributed by atoms with Crippen LogP contribution in [0.15, 0.2) is 18.3 Å². The highest BCUT2D eigenvalue weighted by Gasteiger charge is 2.35. The first-order chi connectivity index (χ1) is 6.79. The van der Waals surface area contributed by atoms with Gasteiger partial charge in [-0.15, -0.1) is 0 Å². The molecular formula is C14H23N. The van der Waals surface area contributed by atoms with E-state index in [0.717, 1.165) is 6.42 Å². The predicted octanol–water partition coefficient (Wildman–Crippen LogP) is 3.97. The maximum absolute atomic E-state index is 4.53. The zero-order chi connectivity index (χ0) is 11.7. The molecule has 0 N–H and O–H groups in total. The fourth-order valence-corrected chi connectivity index (χ4v) is 1.42. The molecule has 1 heterocycles. The summed E-state index contributed by atoms with van der Waals surface area (Å²) in [6.07, 6.45) is 3.01. The Bertz CT molecular complexity index is 331. The van der Waals surface area contributed by atoms with Crippen LogP contribution in [0.1, 0.15) is 52.8 Å². The van der Waals surface area contributed by atoms with Gasteiger partial charge in [0.2, 0.25) is 0 Å². The first kappa shape index (κ1) is 12.2. The molecule has 1 nitrogen and oxygen atoms in total. The lowest BCUT2D eigenvalue weighted by atomic mass is 9.67. The van der Waals surface area contributed by atoms with Gasteiger partial charge in [0, 0.05) is 17.3 Å². The molecule has 0 fully saturated rings. The Morgan fingerprint density at radius 1 is 1.13 bits per heavy atom. The van der Waals surface area contributed by atoms with Crippen molar-refractivity contribution < 1.29 is 0 Å². The van der Waals surface area contributed by atoms with Crippen LogP contribution in [0.2, 0.25) is 0 Å². The summed E-state index contributed by atoms with van der Waals surface area (Å²) in [7, 11) is 0. The summed E-state index contributed by atoms with van der Waals surface area (Å²) >= 11 is 0. The maximum atomic E-state index is 4.53. The van der Waals surface area contributed by atoms with Crippen LogP contribution in [0.5, 0.6) is 0 Å². The SMILES string of the molecule is CCc1ccnc(C(C)(C)C(C)(C)C)c1. The summed E-state index contributed by atoms with van der Waals surface area (Å²) < 4.78 is 0. The van der Waals surface area contributed by atoms with Crippen LogP contribution in [0.4, 0.5) is 0 Å². The molecule has 0 spiro atoms. The average molecular weight is 205 g/mol. The third-order valence-corrected chi connectivity index (χ3v) is 3.75. The molecule has 1 heteroatoms. The summed E-state index contributed by atoms with van der Waals surface area (Å²) in [6, 6.07) is 4.34. The number of nitrogens with zero attached hydrogens (tertiary/aromatic N) is 1. The third kappa shape index (κ3) is 2.39. The molecule has 0 amide bonds. The predicted molar refractivity (Wildman–Crippen MR) is 66.1 cm³/mol. The van der Waals surface area contributed by atoms with Gasteiger partial charge >= 0.3 is 0 Å². The van der Waals surface area contributed by atoms with Crippen LogP contribution >= 0.6 is 0 Å². The quantitative estimate of drug-likeness (QED) is 0.712. The molecule has 0 saturated heterocycles. The second-order valence-electron chi connectivity index (χ2n) is 5.78. The molecule has 1 aromatic heterocycles. The van der Waals surface area contributed by atoms with Crippen molar-refractivity contribution in [2.24, 2.45) is 5.41 Å². The minimum atomic E-state index is 0.109. The Hall–Kier alpha value is -0.850. The molecule has 0 aliphatic carbocycles. The second kappa shape index (κ2) is 3.96. The summed E-state index contributed by atoms with van der Waals surface area (Å²) in [6.45, 7) is 13.5. The topological polar surface area (TPSA) is 12.9 Å². The van der Waals surface area contributed by atoms with Gasteiger partial charge in [0.1, 0.15) is 0 Å². The van der Waals surface area contributed by atoms with E-state index in [0.29, 0.717) is 0 Å². The highest BCUT2D eigenvalue weighted by Crippen LogP contribution is 2.39. The molecule has 1 rings (SSSR count). The van der Waals surface area contributed by atoms with E-state index in [1.165, 1.54) is 11.3 Å². The first-order valence-electron chi connectivity index (χ1n) is 5.74. The largest absolute Gasteiger partial charge is 0.261 e. The van der Waals surface area contributed by atoms with Crippen LogP contribution in [0.3, 0.4) is 0 Å². The minimum Gasteiger partial charge on any atom is -0.261 e. The van der Waals surface area contributed by atoms with Crippen molar-refractivity contribution in [2.45, 2.75) is 53.4 Å². The van der Waals surface area contributed by atoms with Gasteiger partial charge in [-0.1, -0.05) is 41.5 Å². The molecule has 15 heavy (non-hydrogen) atoms. The summed E-state index contributed by atoms with van der Waals surface area (Å²) in [4.78, 5) is 4.53. The normalized spacial score (nSPS) is 12.9. The lowest BCUT2D eigenvalue weighted by molar-refractivity contribution is 0.219. The van der Waals surface area contributed by atoms with Crippen LogP contribution in [0, 0.1) is 5.41 Å². The number of aryl methyl sites for hydroxylation is 1. The number of aromatic nitrogens is 1. The van der Waals surface area contributed by atoms with Gasteiger partial charge in [0.15, 0.2) is 0 Å². The molecule has 0 unspecified atom stereocenters. The molecule has 0 atom stereocenters. The van der Waals surface area contributed by atoms with Gasteiger partial charge in [0.05, 0.1) is 0 Å². The number of pyridine rings is 1. The summed E-state index contributed by atoms with van der Waals surface area (Å²) in [5.74, 6) is 0. The molecule has 0 aliphatic heterocycles. The molecule has 0 radical (unpaired) electrons. The lowest BCUT2D eigenvalue weighted by Crippen LogP contribution is -2.34. The van der Waals surface area contributed by atoms with Crippen molar-refractivity contribution in [3.63, 3.8) is 0 Å². The van der Waals surface area contributed by atoms with Gasteiger partial charge in [-0.25, -0.2) is 0 Å². The van der Waals surface area contributed by atoms with E-state index >= 15 is 0 Å². The van der Waals surface area contributed by atoms with Gasteiger partial charge < -0.3 is 0 Å². The number of hydrogen-bond donors (Lipinski definition) is 0. The van der Waals surface area contributed by atoms with Crippen LogP contribution < -0.4 is 0 Å². The molecule has 84 valence electrons. The van der Waals surface area contributed by atoms with E-state index in [9.17, 15) is 0 Å². The zero-order valence-corrected chi connectivity index (χ0v) is 10.9. The molecular weight excluding hydrogens is 182 g/mol. The molecule has 1 aromatic rings. The number of hydrogen-bond acceptors (Lipinski definition) is 1. The van der Waals surface area contributed by atoms with Gasteiger partial charge in [0.25, 0.3) is 0 Å². The van der Waals surface area contributed by atoms with Crippen LogP contribution in [-0.4, -0.2) is 4.98 Å². The van der Waals surface area contributed by atoms with Crippen LogP contribution in [0.25, 0.3) is 0 Å². The third-order valence-electron chi connectivity index (χ3n) is 3.75. The smallest absolute Gasteiger partial charge is 0.0467 e. The fraction of sp³-hybridized carbons (Fsp3) is 0.643. The molecule has 0 saturated carbocycles. The van der Waals surface area contributed by atoms with Crippen molar-refractivity contribution in [3.8, 4) is 0 Å². The Balaban J connectivity index is 3.15. The summed E-state index contributed by atoms with van der Waals surface area (Å²) in [5.41, 5.74) is 2.91. The van der Waals surface area contributed by atoms with E-state index in [2.05, 4.69) is 58.7 Å². The molecule has 0 aliphatic rings. The van der Waals surface area contributed by atoms with Gasteiger partial charge in [-0.05, 0) is 29.5 Å². The van der Waals surface area contributed by atoms with Gasteiger partial charge in [-0.2, -0.15) is 0 Å². The standard InChI is InChI=1S/C14H23N/c1-7-11-8-9-15-12(10-11)14(5,6)13(2,3)4/h8-10H,7H2,1-6H3. The first-order valence-corrected chi connectivity index (χ1v) is 5.74. The van der Waals surface area contributed by atoms with E-state index < -0.39 is 0 Å². The van der Waals surface area contributed by atoms with Crippen molar-refractivity contribution in [1.29, 1.82) is 0 Å². The minimum absolute atomic E-state index is 0.109. The van der Waals surface area contributed by atoms with Crippen molar-refractivity contribution >= 4 is 0 Å². The van der Waals surface area contributed by atoms with E-state index in [4.69, 9.17) is 0 Å². The number of rotatable bonds is 2. The fourth-order valence-electron chi connectivity index (χ4n) is 1.42. The molecule has 0 aromatic carbocycles. The van der Waals surface area contributed by atoms with Crippen LogP contribution in [-0.2, 0) is 11.8 Å². The Morgan fingerprint density at radius 3 is 2.20 bits per heavy atom. The lowest BCUT2D eigenvalue weighted by Gasteiger charge is -2.38. The summed E-state index contributed by atoms with van der Waals surface area (Å²) in [5, 5.41) is 0. The van der Waals surface area contributed by atoms with Gasteiger partial charge in [-0.3, -0.25) is 4.98 Å². The van der Waals surface area contributed by atoms with E-state index in [-0.39, 0.29) is 10.8 Å². The van der Waals surface area contributed by atoms with E-state index in [1.807, 2.05) is 6.20 Å². The zero-order valence-electron chi connectivity index (χ0n) is 10.9. The Morgan fingerprint density at radius 2 is 1.73 bits per heavy atom. The Kier molecular flexibility index (Phi) is 3.22. The van der Waals surface area contributed by atoms with Crippen molar-refractivity contribution in [3.05, 3.63) is 29.6 Å². The second-order valence-corrected chi connectivity index (χ2v) is 5.78. The Labute approximate surface area is 93.9 Å². The molecule has 0 bridgehead atoms.